The van der Waals surface area contributed by atoms with Crippen molar-refractivity contribution in [2.75, 3.05) is 26.4 Å². The predicted molar refractivity (Wildman–Crippen MR) is 327 cm³/mol. The van der Waals surface area contributed by atoms with Crippen LogP contribution >= 0.6 is 0 Å². The Hall–Kier alpha value is -4.07. The Kier molecular flexibility index (Phi) is 41.6. The van der Waals surface area contributed by atoms with Gasteiger partial charge in [-0.3, -0.25) is 4.79 Å². The van der Waals surface area contributed by atoms with Crippen molar-refractivity contribution in [3.05, 3.63) is 134 Å². The second kappa shape index (κ2) is 47.0. The van der Waals surface area contributed by atoms with Gasteiger partial charge in [0.05, 0.1) is 38.6 Å². The summed E-state index contributed by atoms with van der Waals surface area (Å²) in [6, 6.07) is -1.00. The molecule has 0 bridgehead atoms. The van der Waals surface area contributed by atoms with Gasteiger partial charge < -0.3 is 89.9 Å². The number of carbonyl (C=O) groups is 1. The molecule has 17 unspecified atom stereocenters. The molecule has 482 valence electrons. The Bertz CT molecular complexity index is 2060. The van der Waals surface area contributed by atoms with E-state index in [0.29, 0.717) is 12.8 Å². The predicted octanol–water partition coefficient (Wildman–Crippen LogP) is 6.26. The van der Waals surface area contributed by atoms with Crippen molar-refractivity contribution in [1.29, 1.82) is 0 Å². The number of unbranched alkanes of at least 4 members (excludes halogenated alkanes) is 7. The molecule has 3 fully saturated rings. The first-order chi connectivity index (χ1) is 41.3. The summed E-state index contributed by atoms with van der Waals surface area (Å²) in [6.45, 7) is 1.45. The Balaban J connectivity index is 1.39. The van der Waals surface area contributed by atoms with Crippen LogP contribution in [-0.2, 0) is 33.2 Å². The molecule has 3 aliphatic rings. The topological polar surface area (TPSA) is 307 Å². The molecular formula is C66H105NO18. The second-order valence-electron chi connectivity index (χ2n) is 21.4. The van der Waals surface area contributed by atoms with Crippen molar-refractivity contribution in [3.8, 4) is 0 Å². The molecule has 0 aromatic carbocycles. The maximum Gasteiger partial charge on any atom is 0.220 e. The summed E-state index contributed by atoms with van der Waals surface area (Å²) in [5.74, 6) is -0.331. The maximum atomic E-state index is 13.2. The van der Waals surface area contributed by atoms with Crippen LogP contribution in [0.25, 0.3) is 0 Å². The van der Waals surface area contributed by atoms with E-state index in [1.165, 1.54) is 0 Å². The zero-order valence-corrected chi connectivity index (χ0v) is 50.3. The summed E-state index contributed by atoms with van der Waals surface area (Å²) in [5.41, 5.74) is 0. The largest absolute Gasteiger partial charge is 0.394 e. The molecule has 85 heavy (non-hydrogen) atoms. The molecule has 3 heterocycles. The molecule has 19 nitrogen and oxygen atoms in total. The highest BCUT2D eigenvalue weighted by Crippen LogP contribution is 2.33. The van der Waals surface area contributed by atoms with Gasteiger partial charge in [-0.25, -0.2) is 0 Å². The molecule has 0 aliphatic carbocycles. The lowest BCUT2D eigenvalue weighted by molar-refractivity contribution is -0.379. The monoisotopic (exact) mass is 1200 g/mol. The fourth-order valence-electron chi connectivity index (χ4n) is 9.39. The Morgan fingerprint density at radius 2 is 0.812 bits per heavy atom. The lowest BCUT2D eigenvalue weighted by Gasteiger charge is -2.48. The Morgan fingerprint density at radius 3 is 1.26 bits per heavy atom. The first-order valence-corrected chi connectivity index (χ1v) is 30.9. The van der Waals surface area contributed by atoms with Gasteiger partial charge in [0.1, 0.15) is 73.2 Å². The molecule has 3 saturated heterocycles. The van der Waals surface area contributed by atoms with Gasteiger partial charge >= 0.3 is 0 Å². The maximum absolute atomic E-state index is 13.2. The van der Waals surface area contributed by atoms with Crippen LogP contribution < -0.4 is 5.32 Å². The standard InChI is InChI=1S/C66H105NO18/c1-3-5-7-9-11-12-13-14-15-16-17-18-19-20-21-22-23-24-25-26-27-28-29-30-31-32-33-34-35-36-38-40-42-44-54(72)67-49(50(71)43-41-39-37-10-8-6-4-2)48-80-64-60(78)57(75)62(52(46-69)82-64)85-66-61(79)58(76)63(53(47-70)83-66)84-65-59(77)56(74)55(73)51(45-68)81-65/h5,7,11-12,14-15,17-18,20-21,23-24,26-27,29-30,32-33,35-36,41,43,49-53,55-66,68-71,73-79H,3-4,6,8-10,13,16,19,22,25,28,31,34,37-40,42,44-48H2,1-2H3,(H,67,72)/b7-5-,12-11-,15-14-,18-17-,21-20-,24-23-,27-26-,30-29-,33-32-,36-35-,43-41+. The number of aliphatic hydroxyl groups is 11. The van der Waals surface area contributed by atoms with Gasteiger partial charge in [0.15, 0.2) is 18.9 Å². The van der Waals surface area contributed by atoms with Crippen molar-refractivity contribution in [1.82, 2.24) is 5.32 Å². The average molecular weight is 1200 g/mol. The van der Waals surface area contributed by atoms with Crippen LogP contribution in [0.5, 0.6) is 0 Å². The van der Waals surface area contributed by atoms with Gasteiger partial charge in [-0.05, 0) is 96.3 Å². The van der Waals surface area contributed by atoms with Crippen LogP contribution in [0.3, 0.4) is 0 Å². The smallest absolute Gasteiger partial charge is 0.220 e. The third-order valence-electron chi connectivity index (χ3n) is 14.5. The molecule has 0 aromatic heterocycles. The van der Waals surface area contributed by atoms with E-state index in [0.717, 1.165) is 109 Å². The summed E-state index contributed by atoms with van der Waals surface area (Å²) in [5, 5.41) is 120. The lowest BCUT2D eigenvalue weighted by Crippen LogP contribution is -2.66. The van der Waals surface area contributed by atoms with Gasteiger partial charge in [0.2, 0.25) is 5.91 Å². The second-order valence-corrected chi connectivity index (χ2v) is 21.4. The van der Waals surface area contributed by atoms with E-state index in [-0.39, 0.29) is 18.9 Å². The van der Waals surface area contributed by atoms with Gasteiger partial charge in [-0.15, -0.1) is 0 Å². The van der Waals surface area contributed by atoms with Crippen molar-refractivity contribution >= 4 is 5.91 Å². The first kappa shape index (κ1) is 75.2. The highest BCUT2D eigenvalue weighted by molar-refractivity contribution is 5.76. The molecular weight excluding hydrogens is 1090 g/mol. The quantitative estimate of drug-likeness (QED) is 0.0237. The number of rotatable bonds is 43. The summed E-state index contributed by atoms with van der Waals surface area (Å²) < 4.78 is 34.1. The summed E-state index contributed by atoms with van der Waals surface area (Å²) in [4.78, 5) is 13.2. The number of hydrogen-bond donors (Lipinski definition) is 12. The van der Waals surface area contributed by atoms with Crippen molar-refractivity contribution in [3.63, 3.8) is 0 Å². The summed E-state index contributed by atoms with van der Waals surface area (Å²) >= 11 is 0. The van der Waals surface area contributed by atoms with Crippen LogP contribution in [0.1, 0.15) is 142 Å². The van der Waals surface area contributed by atoms with Crippen molar-refractivity contribution < 1.29 is 89.4 Å². The van der Waals surface area contributed by atoms with E-state index in [9.17, 15) is 61.0 Å². The minimum atomic E-state index is -1.99. The van der Waals surface area contributed by atoms with Crippen LogP contribution in [0.2, 0.25) is 0 Å². The number of amides is 1. The van der Waals surface area contributed by atoms with Crippen molar-refractivity contribution in [2.45, 2.75) is 247 Å². The molecule has 3 aliphatic heterocycles. The molecule has 17 atom stereocenters. The molecule has 1 amide bonds. The molecule has 0 radical (unpaired) electrons. The number of hydrogen-bond acceptors (Lipinski definition) is 18. The lowest BCUT2D eigenvalue weighted by atomic mass is 9.96. The normalized spacial score (nSPS) is 29.9. The number of nitrogens with one attached hydrogen (secondary N) is 1. The third kappa shape index (κ3) is 30.1. The van der Waals surface area contributed by atoms with Crippen LogP contribution in [0.15, 0.2) is 134 Å². The van der Waals surface area contributed by atoms with E-state index >= 15 is 0 Å². The highest BCUT2D eigenvalue weighted by atomic mass is 16.8. The van der Waals surface area contributed by atoms with Gasteiger partial charge in [-0.2, -0.15) is 0 Å². The first-order valence-electron chi connectivity index (χ1n) is 30.9. The molecule has 0 aromatic rings. The number of carbonyl (C=O) groups excluding carboxylic acids is 1. The zero-order chi connectivity index (χ0) is 61.9. The van der Waals surface area contributed by atoms with E-state index in [1.54, 1.807) is 6.08 Å². The van der Waals surface area contributed by atoms with Crippen LogP contribution in [0, 0.1) is 0 Å². The van der Waals surface area contributed by atoms with E-state index < -0.39 is 124 Å². The minimum absolute atomic E-state index is 0.177. The number of aliphatic hydroxyl groups excluding tert-OH is 11. The van der Waals surface area contributed by atoms with E-state index in [2.05, 4.69) is 141 Å². The Labute approximate surface area is 505 Å². The minimum Gasteiger partial charge on any atom is -0.394 e. The molecule has 0 spiro atoms. The summed E-state index contributed by atoms with van der Waals surface area (Å²) in [7, 11) is 0. The van der Waals surface area contributed by atoms with E-state index in [4.69, 9.17) is 28.4 Å². The van der Waals surface area contributed by atoms with Gasteiger partial charge in [-0.1, -0.05) is 173 Å². The fraction of sp³-hybridized carbons (Fsp3) is 0.652. The Morgan fingerprint density at radius 1 is 0.435 bits per heavy atom. The number of ether oxygens (including phenoxy) is 6. The van der Waals surface area contributed by atoms with Gasteiger partial charge in [0.25, 0.3) is 0 Å². The van der Waals surface area contributed by atoms with E-state index in [1.807, 2.05) is 6.08 Å². The van der Waals surface area contributed by atoms with Crippen LogP contribution in [0.4, 0.5) is 0 Å². The molecule has 19 heteroatoms. The molecule has 3 rings (SSSR count). The third-order valence-corrected chi connectivity index (χ3v) is 14.5. The average Bonchev–Trinajstić information content (AvgIpc) is 3.70. The highest BCUT2D eigenvalue weighted by Gasteiger charge is 2.53. The summed E-state index contributed by atoms with van der Waals surface area (Å²) in [6.07, 6.45) is 37.7. The molecule has 0 saturated carbocycles. The number of allylic oxidation sites excluding steroid dienone is 21. The van der Waals surface area contributed by atoms with Crippen molar-refractivity contribution in [2.24, 2.45) is 0 Å². The SMILES string of the molecule is CC/C=C\C/C=C\C/C=C\C/C=C\C/C=C\C/C=C\C/C=C\C/C=C\C/C=C\C/C=C\CCCCC(=O)NC(COC1OC(CO)C(OC2OC(CO)C(OC3OC(CO)C(O)C(O)C3O)C(O)C2O)C(O)C1O)C(O)/C=C/CCCCCCC. The molecule has 12 N–H and O–H groups in total. The van der Waals surface area contributed by atoms with Crippen LogP contribution in [-0.4, -0.2) is 193 Å². The zero-order valence-electron chi connectivity index (χ0n) is 50.3. The van der Waals surface area contributed by atoms with Gasteiger partial charge in [0, 0.05) is 6.42 Å². The fourth-order valence-corrected chi connectivity index (χ4v) is 9.39.